The molecule has 1 heterocycles. The molecule has 3 rings (SSSR count). The lowest BCUT2D eigenvalue weighted by Gasteiger charge is -2.08. The van der Waals surface area contributed by atoms with E-state index in [1.165, 1.54) is 0 Å². The number of pyridine rings is 1. The van der Waals surface area contributed by atoms with Crippen molar-refractivity contribution in [2.75, 3.05) is 5.32 Å². The summed E-state index contributed by atoms with van der Waals surface area (Å²) in [6.45, 7) is 0. The highest BCUT2D eigenvalue weighted by atomic mass is 16.3. The molecule has 1 aromatic heterocycles. The number of phenolic OH excluding ortho intramolecular Hbond substituents is 1. The van der Waals surface area contributed by atoms with Crippen molar-refractivity contribution in [2.24, 2.45) is 5.73 Å². The maximum absolute atomic E-state index is 9.48. The molecule has 4 nitrogen and oxygen atoms in total. The Kier molecular flexibility index (Phi) is 1.97. The van der Waals surface area contributed by atoms with Gasteiger partial charge in [-0.15, -0.1) is 0 Å². The first kappa shape index (κ1) is 9.42. The molecule has 1 aromatic carbocycles. The molecule has 0 radical (unpaired) electrons. The van der Waals surface area contributed by atoms with Crippen LogP contribution in [0.1, 0.15) is 6.42 Å². The van der Waals surface area contributed by atoms with Crippen LogP contribution in [-0.2, 0) is 0 Å². The molecule has 1 aliphatic rings. The van der Waals surface area contributed by atoms with Gasteiger partial charge in [-0.1, -0.05) is 6.07 Å². The molecule has 1 fully saturated rings. The number of aromatic nitrogens is 1. The molecule has 2 unspecified atom stereocenters. The Hall–Kier alpha value is -1.81. The van der Waals surface area contributed by atoms with Crippen LogP contribution < -0.4 is 11.1 Å². The first-order valence-electron chi connectivity index (χ1n) is 5.34. The molecular weight excluding hydrogens is 202 g/mol. The number of nitrogens with zero attached hydrogens (tertiary/aromatic N) is 1. The van der Waals surface area contributed by atoms with Gasteiger partial charge >= 0.3 is 0 Å². The number of rotatable bonds is 2. The van der Waals surface area contributed by atoms with Crippen molar-refractivity contribution in [1.82, 2.24) is 4.98 Å². The number of phenols is 1. The number of hydrogen-bond donors (Lipinski definition) is 3. The van der Waals surface area contributed by atoms with Crippen LogP contribution in [0.4, 0.5) is 5.82 Å². The monoisotopic (exact) mass is 215 g/mol. The van der Waals surface area contributed by atoms with Gasteiger partial charge < -0.3 is 16.2 Å². The van der Waals surface area contributed by atoms with Crippen molar-refractivity contribution in [3.8, 4) is 5.75 Å². The standard InChI is InChI=1S/C12H13N3O/c13-10-6-11(10)15-12-9-5-8(16)2-1-7(9)3-4-14-12/h1-5,10-11,16H,6,13H2,(H,14,15). The van der Waals surface area contributed by atoms with Gasteiger partial charge in [0, 0.05) is 23.7 Å². The Bertz CT molecular complexity index is 541. The third-order valence-corrected chi connectivity index (χ3v) is 2.91. The number of aromatic hydroxyl groups is 1. The number of anilines is 1. The highest BCUT2D eigenvalue weighted by Crippen LogP contribution is 2.29. The molecule has 16 heavy (non-hydrogen) atoms. The van der Waals surface area contributed by atoms with Gasteiger partial charge in [0.2, 0.25) is 0 Å². The lowest BCUT2D eigenvalue weighted by atomic mass is 10.1. The van der Waals surface area contributed by atoms with Crippen molar-refractivity contribution in [2.45, 2.75) is 18.5 Å². The molecule has 1 saturated carbocycles. The third kappa shape index (κ3) is 1.57. The summed E-state index contributed by atoms with van der Waals surface area (Å²) in [7, 11) is 0. The van der Waals surface area contributed by atoms with E-state index in [4.69, 9.17) is 5.73 Å². The molecule has 0 bridgehead atoms. The quantitative estimate of drug-likeness (QED) is 0.709. The zero-order valence-electron chi connectivity index (χ0n) is 8.72. The minimum Gasteiger partial charge on any atom is -0.508 e. The van der Waals surface area contributed by atoms with Gasteiger partial charge in [0.15, 0.2) is 0 Å². The largest absolute Gasteiger partial charge is 0.508 e. The summed E-state index contributed by atoms with van der Waals surface area (Å²) in [5, 5.41) is 14.8. The number of hydrogen-bond acceptors (Lipinski definition) is 4. The van der Waals surface area contributed by atoms with Crippen LogP contribution >= 0.6 is 0 Å². The molecular formula is C12H13N3O. The maximum Gasteiger partial charge on any atom is 0.134 e. The second kappa shape index (κ2) is 3.35. The highest BCUT2D eigenvalue weighted by molar-refractivity contribution is 5.92. The molecule has 0 aliphatic heterocycles. The fourth-order valence-corrected chi connectivity index (χ4v) is 1.83. The SMILES string of the molecule is NC1CC1Nc1nccc2ccc(O)cc12. The van der Waals surface area contributed by atoms with E-state index in [9.17, 15) is 5.11 Å². The fraction of sp³-hybridized carbons (Fsp3) is 0.250. The van der Waals surface area contributed by atoms with Crippen LogP contribution in [0, 0.1) is 0 Å². The molecule has 2 atom stereocenters. The third-order valence-electron chi connectivity index (χ3n) is 2.91. The van der Waals surface area contributed by atoms with Crippen LogP contribution in [0.5, 0.6) is 5.75 Å². The van der Waals surface area contributed by atoms with E-state index in [-0.39, 0.29) is 11.8 Å². The van der Waals surface area contributed by atoms with Gasteiger partial charge in [-0.05, 0) is 30.0 Å². The van der Waals surface area contributed by atoms with Crippen molar-refractivity contribution in [3.05, 3.63) is 30.5 Å². The van der Waals surface area contributed by atoms with E-state index in [2.05, 4.69) is 10.3 Å². The topological polar surface area (TPSA) is 71.2 Å². The van der Waals surface area contributed by atoms with Crippen LogP contribution in [0.15, 0.2) is 30.5 Å². The van der Waals surface area contributed by atoms with E-state index in [1.807, 2.05) is 12.1 Å². The van der Waals surface area contributed by atoms with Crippen molar-refractivity contribution in [3.63, 3.8) is 0 Å². The van der Waals surface area contributed by atoms with Crippen LogP contribution in [0.2, 0.25) is 0 Å². The summed E-state index contributed by atoms with van der Waals surface area (Å²) in [5.41, 5.74) is 5.75. The number of nitrogens with two attached hydrogens (primary N) is 1. The number of nitrogens with one attached hydrogen (secondary N) is 1. The minimum absolute atomic E-state index is 0.231. The van der Waals surface area contributed by atoms with Crippen molar-refractivity contribution >= 4 is 16.6 Å². The Morgan fingerprint density at radius 3 is 2.94 bits per heavy atom. The van der Waals surface area contributed by atoms with Gasteiger partial charge in [-0.25, -0.2) is 4.98 Å². The second-order valence-electron chi connectivity index (χ2n) is 4.22. The fourth-order valence-electron chi connectivity index (χ4n) is 1.83. The number of benzene rings is 1. The number of fused-ring (bicyclic) bond motifs is 1. The molecule has 0 amide bonds. The van der Waals surface area contributed by atoms with Crippen molar-refractivity contribution in [1.29, 1.82) is 0 Å². The predicted molar refractivity (Wildman–Crippen MR) is 63.4 cm³/mol. The summed E-state index contributed by atoms with van der Waals surface area (Å²) in [4.78, 5) is 4.28. The first-order valence-corrected chi connectivity index (χ1v) is 5.34. The van der Waals surface area contributed by atoms with Gasteiger partial charge in [0.05, 0.1) is 0 Å². The molecule has 2 aromatic rings. The van der Waals surface area contributed by atoms with Gasteiger partial charge in [0.25, 0.3) is 0 Å². The Labute approximate surface area is 93.1 Å². The minimum atomic E-state index is 0.231. The zero-order valence-corrected chi connectivity index (χ0v) is 8.72. The highest BCUT2D eigenvalue weighted by Gasteiger charge is 2.33. The van der Waals surface area contributed by atoms with Gasteiger partial charge in [-0.2, -0.15) is 0 Å². The molecule has 4 N–H and O–H groups in total. The van der Waals surface area contributed by atoms with Crippen LogP contribution in [0.3, 0.4) is 0 Å². The van der Waals surface area contributed by atoms with Crippen molar-refractivity contribution < 1.29 is 5.11 Å². The molecule has 82 valence electrons. The summed E-state index contributed by atoms with van der Waals surface area (Å²) < 4.78 is 0. The summed E-state index contributed by atoms with van der Waals surface area (Å²) in [6.07, 6.45) is 2.74. The molecule has 1 aliphatic carbocycles. The lowest BCUT2D eigenvalue weighted by molar-refractivity contribution is 0.476. The average Bonchev–Trinajstić information content (AvgIpc) is 2.95. The molecule has 0 saturated heterocycles. The predicted octanol–water partition coefficient (Wildman–Crippen LogP) is 1.45. The summed E-state index contributed by atoms with van der Waals surface area (Å²) in [5.74, 6) is 1.05. The second-order valence-corrected chi connectivity index (χ2v) is 4.22. The average molecular weight is 215 g/mol. The van der Waals surface area contributed by atoms with E-state index >= 15 is 0 Å². The van der Waals surface area contributed by atoms with Gasteiger partial charge in [0.1, 0.15) is 11.6 Å². The Morgan fingerprint density at radius 1 is 1.38 bits per heavy atom. The Morgan fingerprint density at radius 2 is 2.19 bits per heavy atom. The van der Waals surface area contributed by atoms with E-state index in [0.29, 0.717) is 6.04 Å². The molecule has 4 heteroatoms. The zero-order chi connectivity index (χ0) is 11.1. The maximum atomic E-state index is 9.48. The molecule has 0 spiro atoms. The van der Waals surface area contributed by atoms with Gasteiger partial charge in [-0.3, -0.25) is 0 Å². The van der Waals surface area contributed by atoms with E-state index in [1.54, 1.807) is 18.3 Å². The normalized spacial score (nSPS) is 23.3. The first-order chi connectivity index (χ1) is 7.74. The summed E-state index contributed by atoms with van der Waals surface area (Å²) >= 11 is 0. The van der Waals surface area contributed by atoms with E-state index in [0.717, 1.165) is 23.0 Å². The smallest absolute Gasteiger partial charge is 0.134 e. The van der Waals surface area contributed by atoms with E-state index < -0.39 is 0 Å². The summed E-state index contributed by atoms with van der Waals surface area (Å²) in [6, 6.07) is 7.75. The Balaban J connectivity index is 2.05. The van der Waals surface area contributed by atoms with Crippen LogP contribution in [-0.4, -0.2) is 22.2 Å². The van der Waals surface area contributed by atoms with Crippen LogP contribution in [0.25, 0.3) is 10.8 Å². The lowest BCUT2D eigenvalue weighted by Crippen LogP contribution is -2.14.